The Balaban J connectivity index is 4.33. The van der Waals surface area contributed by atoms with E-state index in [4.69, 9.17) is 0 Å². The van der Waals surface area contributed by atoms with Gasteiger partial charge in [-0.2, -0.15) is 0 Å². The summed E-state index contributed by atoms with van der Waals surface area (Å²) in [6.45, 7) is 16.7. The summed E-state index contributed by atoms with van der Waals surface area (Å²) in [6, 6.07) is 0.504. The lowest BCUT2D eigenvalue weighted by Gasteiger charge is -2.28. The van der Waals surface area contributed by atoms with Crippen LogP contribution in [-0.4, -0.2) is 10.8 Å². The molecule has 0 aliphatic heterocycles. The van der Waals surface area contributed by atoms with Gasteiger partial charge >= 0.3 is 0 Å². The third-order valence-corrected chi connectivity index (χ3v) is 3.41. The molecule has 0 fully saturated rings. The smallest absolute Gasteiger partial charge is 0.0237 e. The Morgan fingerprint density at radius 3 is 2.31 bits per heavy atom. The van der Waals surface area contributed by atoms with Crippen LogP contribution in [0.25, 0.3) is 0 Å². The Morgan fingerprint density at radius 2 is 1.94 bits per heavy atom. The summed E-state index contributed by atoms with van der Waals surface area (Å²) >= 11 is 1.82. The monoisotopic (exact) mass is 241 g/mol. The van der Waals surface area contributed by atoms with Crippen LogP contribution in [0.1, 0.15) is 47.0 Å². The molecule has 94 valence electrons. The Labute approximate surface area is 106 Å². The molecule has 16 heavy (non-hydrogen) atoms. The van der Waals surface area contributed by atoms with Gasteiger partial charge in [-0.05, 0) is 39.5 Å². The number of rotatable bonds is 8. The van der Waals surface area contributed by atoms with Crippen LogP contribution in [0, 0.1) is 5.92 Å². The second kappa shape index (κ2) is 7.97. The maximum atomic E-state index is 3.93. The van der Waals surface area contributed by atoms with Crippen molar-refractivity contribution in [2.45, 2.75) is 57.7 Å². The Bertz CT molecular complexity index is 205. The fourth-order valence-electron chi connectivity index (χ4n) is 1.54. The van der Waals surface area contributed by atoms with Crippen LogP contribution in [0.15, 0.2) is 25.3 Å². The van der Waals surface area contributed by atoms with Gasteiger partial charge in [-0.15, -0.1) is 13.2 Å². The van der Waals surface area contributed by atoms with Gasteiger partial charge in [0, 0.05) is 10.8 Å². The molecule has 0 bridgehead atoms. The average Bonchev–Trinajstić information content (AvgIpc) is 2.20. The maximum Gasteiger partial charge on any atom is 0.0237 e. The number of allylic oxidation sites excluding steroid dienone is 1. The summed E-state index contributed by atoms with van der Waals surface area (Å²) in [7, 11) is 0. The summed E-state index contributed by atoms with van der Waals surface area (Å²) < 4.78 is 3.85. The quantitative estimate of drug-likeness (QED) is 0.493. The summed E-state index contributed by atoms with van der Waals surface area (Å²) in [6.07, 6.45) is 7.43. The van der Waals surface area contributed by atoms with Crippen LogP contribution in [0.5, 0.6) is 0 Å². The fraction of sp³-hybridized carbons (Fsp3) is 0.714. The highest BCUT2D eigenvalue weighted by molar-refractivity contribution is 7.98. The van der Waals surface area contributed by atoms with Gasteiger partial charge in [0.2, 0.25) is 0 Å². The van der Waals surface area contributed by atoms with Crippen molar-refractivity contribution >= 4 is 11.9 Å². The van der Waals surface area contributed by atoms with Crippen LogP contribution in [0.2, 0.25) is 0 Å². The first-order valence-corrected chi connectivity index (χ1v) is 6.93. The molecule has 2 unspecified atom stereocenters. The van der Waals surface area contributed by atoms with Crippen LogP contribution < -0.4 is 4.72 Å². The van der Waals surface area contributed by atoms with E-state index >= 15 is 0 Å². The molecule has 0 aromatic rings. The average molecular weight is 241 g/mol. The number of hydrogen-bond acceptors (Lipinski definition) is 2. The van der Waals surface area contributed by atoms with Crippen molar-refractivity contribution in [3.63, 3.8) is 0 Å². The zero-order chi connectivity index (χ0) is 12.6. The lowest BCUT2D eigenvalue weighted by atomic mass is 9.94. The molecule has 0 aromatic carbocycles. The van der Waals surface area contributed by atoms with Crippen molar-refractivity contribution in [1.82, 2.24) is 4.72 Å². The molecule has 0 aromatic heterocycles. The first-order valence-electron chi connectivity index (χ1n) is 6.11. The SMILES string of the molecule is C=CCC(C=C)C(CCC)NSC(C)(C)C. The van der Waals surface area contributed by atoms with Crippen LogP contribution in [0.4, 0.5) is 0 Å². The molecule has 2 atom stereocenters. The molecular formula is C14H27NS. The van der Waals surface area contributed by atoms with E-state index in [1.54, 1.807) is 0 Å². The predicted octanol–water partition coefficient (Wildman–Crippen LogP) is 4.57. The Morgan fingerprint density at radius 1 is 1.31 bits per heavy atom. The first-order chi connectivity index (χ1) is 7.44. The van der Waals surface area contributed by atoms with E-state index in [1.807, 2.05) is 18.0 Å². The molecule has 1 N–H and O–H groups in total. The van der Waals surface area contributed by atoms with Gasteiger partial charge in [0.25, 0.3) is 0 Å². The minimum absolute atomic E-state index is 0.256. The highest BCUT2D eigenvalue weighted by atomic mass is 32.2. The van der Waals surface area contributed by atoms with E-state index in [0.717, 1.165) is 6.42 Å². The number of nitrogens with one attached hydrogen (secondary N) is 1. The van der Waals surface area contributed by atoms with E-state index < -0.39 is 0 Å². The van der Waals surface area contributed by atoms with Crippen molar-refractivity contribution < 1.29 is 0 Å². The predicted molar refractivity (Wildman–Crippen MR) is 77.7 cm³/mol. The second-order valence-corrected chi connectivity index (χ2v) is 6.82. The molecule has 0 amide bonds. The first kappa shape index (κ1) is 15.8. The minimum atomic E-state index is 0.256. The second-order valence-electron chi connectivity index (χ2n) is 5.15. The van der Waals surface area contributed by atoms with E-state index in [9.17, 15) is 0 Å². The Kier molecular flexibility index (Phi) is 7.86. The van der Waals surface area contributed by atoms with Crippen molar-refractivity contribution in [2.24, 2.45) is 5.92 Å². The molecule has 0 aliphatic rings. The lowest BCUT2D eigenvalue weighted by molar-refractivity contribution is 0.446. The van der Waals surface area contributed by atoms with E-state index in [-0.39, 0.29) is 4.75 Å². The normalized spacial score (nSPS) is 15.5. The van der Waals surface area contributed by atoms with E-state index in [0.29, 0.717) is 12.0 Å². The van der Waals surface area contributed by atoms with Gasteiger partial charge in [-0.1, -0.05) is 37.4 Å². The van der Waals surface area contributed by atoms with Crippen LogP contribution >= 0.6 is 11.9 Å². The van der Waals surface area contributed by atoms with Crippen molar-refractivity contribution in [2.75, 3.05) is 0 Å². The van der Waals surface area contributed by atoms with Gasteiger partial charge in [-0.25, -0.2) is 0 Å². The minimum Gasteiger partial charge on any atom is -0.260 e. The molecule has 0 heterocycles. The largest absolute Gasteiger partial charge is 0.260 e. The molecule has 0 aliphatic carbocycles. The summed E-state index contributed by atoms with van der Waals surface area (Å²) in [5, 5.41) is 0. The van der Waals surface area contributed by atoms with E-state index in [2.05, 4.69) is 51.7 Å². The summed E-state index contributed by atoms with van der Waals surface area (Å²) in [5.41, 5.74) is 0. The highest BCUT2D eigenvalue weighted by Gasteiger charge is 2.19. The molecule has 0 radical (unpaired) electrons. The summed E-state index contributed by atoms with van der Waals surface area (Å²) in [4.78, 5) is 0. The zero-order valence-electron chi connectivity index (χ0n) is 11.3. The highest BCUT2D eigenvalue weighted by Crippen LogP contribution is 2.24. The molecule has 1 nitrogen and oxygen atoms in total. The molecule has 0 rings (SSSR count). The third kappa shape index (κ3) is 7.13. The zero-order valence-corrected chi connectivity index (χ0v) is 12.1. The molecule has 0 spiro atoms. The van der Waals surface area contributed by atoms with Gasteiger partial charge in [0.15, 0.2) is 0 Å². The van der Waals surface area contributed by atoms with Gasteiger partial charge in [-0.3, -0.25) is 4.72 Å². The van der Waals surface area contributed by atoms with Gasteiger partial charge < -0.3 is 0 Å². The van der Waals surface area contributed by atoms with Gasteiger partial charge in [0.1, 0.15) is 0 Å². The van der Waals surface area contributed by atoms with Gasteiger partial charge in [0.05, 0.1) is 0 Å². The van der Waals surface area contributed by atoms with Crippen molar-refractivity contribution in [3.8, 4) is 0 Å². The fourth-order valence-corrected chi connectivity index (χ4v) is 2.34. The summed E-state index contributed by atoms with van der Waals surface area (Å²) in [5.74, 6) is 0.493. The standard InChI is InChI=1S/C14H27NS/c1-7-10-12(9-3)13(11-8-2)15-16-14(4,5)6/h7,9,12-13,15H,1,3,8,10-11H2,2,4-6H3. The molecular weight excluding hydrogens is 214 g/mol. The number of hydrogen-bond donors (Lipinski definition) is 1. The Hall–Kier alpha value is -0.210. The lowest BCUT2D eigenvalue weighted by Crippen LogP contribution is -2.33. The molecule has 0 saturated heterocycles. The molecule has 0 saturated carbocycles. The van der Waals surface area contributed by atoms with Crippen LogP contribution in [0.3, 0.4) is 0 Å². The molecule has 2 heteroatoms. The van der Waals surface area contributed by atoms with E-state index in [1.165, 1.54) is 12.8 Å². The maximum absolute atomic E-state index is 3.93. The third-order valence-electron chi connectivity index (χ3n) is 2.37. The topological polar surface area (TPSA) is 12.0 Å². The van der Waals surface area contributed by atoms with Crippen molar-refractivity contribution in [3.05, 3.63) is 25.3 Å². The van der Waals surface area contributed by atoms with Crippen molar-refractivity contribution in [1.29, 1.82) is 0 Å². The van der Waals surface area contributed by atoms with Crippen LogP contribution in [-0.2, 0) is 0 Å².